The van der Waals surface area contributed by atoms with E-state index in [1.54, 1.807) is 14.0 Å². The molecule has 2 rings (SSSR count). The van der Waals surface area contributed by atoms with Crippen LogP contribution in [0.1, 0.15) is 23.9 Å². The van der Waals surface area contributed by atoms with Crippen LogP contribution >= 0.6 is 0 Å². The summed E-state index contributed by atoms with van der Waals surface area (Å²) < 4.78 is 32.4. The van der Waals surface area contributed by atoms with Gasteiger partial charge in [0.1, 0.15) is 10.6 Å². The summed E-state index contributed by atoms with van der Waals surface area (Å²) in [4.78, 5) is 16.0. The third-order valence-electron chi connectivity index (χ3n) is 4.19. The van der Waals surface area contributed by atoms with Gasteiger partial charge < -0.3 is 14.3 Å². The van der Waals surface area contributed by atoms with Crippen LogP contribution in [0.25, 0.3) is 0 Å². The highest BCUT2D eigenvalue weighted by Gasteiger charge is 2.29. The lowest BCUT2D eigenvalue weighted by Crippen LogP contribution is -2.45. The van der Waals surface area contributed by atoms with Gasteiger partial charge in [-0.15, -0.1) is 0 Å². The van der Waals surface area contributed by atoms with Crippen molar-refractivity contribution < 1.29 is 17.7 Å². The summed E-state index contributed by atoms with van der Waals surface area (Å²) in [6.45, 7) is 4.96. The number of carbonyl (C=O) groups is 1. The van der Waals surface area contributed by atoms with Crippen molar-refractivity contribution >= 4 is 21.6 Å². The van der Waals surface area contributed by atoms with Gasteiger partial charge in [0.25, 0.3) is 0 Å². The molecule has 0 radical (unpaired) electrons. The normalized spacial score (nSPS) is 12.7. The van der Waals surface area contributed by atoms with E-state index in [1.165, 1.54) is 18.7 Å². The van der Waals surface area contributed by atoms with Crippen LogP contribution in [-0.4, -0.2) is 51.6 Å². The van der Waals surface area contributed by atoms with Crippen LogP contribution in [0.3, 0.4) is 0 Å². The number of hydrogen-bond acceptors (Lipinski definition) is 6. The summed E-state index contributed by atoms with van der Waals surface area (Å²) in [7, 11) is 1.65. The zero-order chi connectivity index (χ0) is 20.4. The maximum absolute atomic E-state index is 12.6. The minimum absolute atomic E-state index is 0.0240. The van der Waals surface area contributed by atoms with Crippen LogP contribution in [0.2, 0.25) is 0 Å². The van der Waals surface area contributed by atoms with Crippen LogP contribution in [0.5, 0.6) is 0 Å². The molecule has 0 aliphatic rings. The second-order valence-electron chi connectivity index (χ2n) is 6.75. The van der Waals surface area contributed by atoms with Crippen molar-refractivity contribution in [2.45, 2.75) is 38.3 Å². The minimum Gasteiger partial charge on any atom is -0.378 e. The average Bonchev–Trinajstić information content (AvgIpc) is 2.93. The number of nitrogens with one attached hydrogen (secondary N) is 1. The van der Waals surface area contributed by atoms with E-state index in [9.17, 15) is 13.2 Å². The van der Waals surface area contributed by atoms with Crippen molar-refractivity contribution in [2.24, 2.45) is 0 Å². The molecule has 1 aromatic carbocycles. The van der Waals surface area contributed by atoms with E-state index in [4.69, 9.17) is 4.52 Å². The maximum Gasteiger partial charge on any atom is 0.246 e. The largest absolute Gasteiger partial charge is 0.378 e. The Hall–Kier alpha value is -2.39. The summed E-state index contributed by atoms with van der Waals surface area (Å²) in [5, 5.41) is 3.65. The fraction of sp³-hybridized carbons (Fsp3) is 0.444. The summed E-state index contributed by atoms with van der Waals surface area (Å²) in [5.74, 6) is -0.143. The summed E-state index contributed by atoms with van der Waals surface area (Å²) in [5.41, 5.74) is 2.28. The van der Waals surface area contributed by atoms with Gasteiger partial charge in [0.2, 0.25) is 15.9 Å². The Morgan fingerprint density at radius 1 is 1.19 bits per heavy atom. The first-order valence-electron chi connectivity index (χ1n) is 8.49. The highest BCUT2D eigenvalue weighted by molar-refractivity contribution is 7.89. The summed E-state index contributed by atoms with van der Waals surface area (Å²) in [6, 6.07) is 6.90. The van der Waals surface area contributed by atoms with Crippen LogP contribution in [0, 0.1) is 13.8 Å². The predicted molar refractivity (Wildman–Crippen MR) is 103 cm³/mol. The Morgan fingerprint density at radius 2 is 1.78 bits per heavy atom. The van der Waals surface area contributed by atoms with Gasteiger partial charge in [-0.1, -0.05) is 17.3 Å². The number of sulfonamides is 1. The zero-order valence-electron chi connectivity index (χ0n) is 16.5. The second kappa shape index (κ2) is 8.10. The van der Waals surface area contributed by atoms with E-state index in [-0.39, 0.29) is 22.3 Å². The van der Waals surface area contributed by atoms with Crippen molar-refractivity contribution in [3.05, 3.63) is 41.3 Å². The Bertz CT molecular complexity index is 884. The lowest BCUT2D eigenvalue weighted by molar-refractivity contribution is -0.131. The first-order chi connectivity index (χ1) is 12.5. The van der Waals surface area contributed by atoms with Gasteiger partial charge in [-0.25, -0.2) is 8.42 Å². The van der Waals surface area contributed by atoms with Gasteiger partial charge in [0.15, 0.2) is 5.76 Å². The number of likely N-dealkylation sites (N-methyl/N-ethyl adjacent to an activating group) is 1. The Morgan fingerprint density at radius 3 is 2.26 bits per heavy atom. The predicted octanol–water partition coefficient (Wildman–Crippen LogP) is 1.68. The molecule has 1 heterocycles. The number of aromatic nitrogens is 1. The molecule has 1 aromatic heterocycles. The van der Waals surface area contributed by atoms with Gasteiger partial charge in [-0.05, 0) is 38.5 Å². The third kappa shape index (κ3) is 4.86. The molecule has 0 aliphatic heterocycles. The topological polar surface area (TPSA) is 95.8 Å². The highest BCUT2D eigenvalue weighted by Crippen LogP contribution is 2.19. The van der Waals surface area contributed by atoms with E-state index in [2.05, 4.69) is 9.88 Å². The molecule has 2 aromatic rings. The van der Waals surface area contributed by atoms with Crippen LogP contribution in [-0.2, 0) is 21.4 Å². The lowest BCUT2D eigenvalue weighted by atomic mass is 10.2. The molecule has 148 valence electrons. The molecule has 0 bridgehead atoms. The van der Waals surface area contributed by atoms with E-state index in [1.807, 2.05) is 43.3 Å². The number of rotatable bonds is 7. The number of anilines is 1. The molecule has 0 saturated heterocycles. The molecule has 0 aliphatic carbocycles. The van der Waals surface area contributed by atoms with Crippen LogP contribution < -0.4 is 9.62 Å². The van der Waals surface area contributed by atoms with Crippen molar-refractivity contribution in [1.82, 2.24) is 14.8 Å². The smallest absolute Gasteiger partial charge is 0.246 e. The van der Waals surface area contributed by atoms with Gasteiger partial charge in [-0.2, -0.15) is 4.72 Å². The van der Waals surface area contributed by atoms with Gasteiger partial charge in [-0.3, -0.25) is 4.79 Å². The summed E-state index contributed by atoms with van der Waals surface area (Å²) >= 11 is 0. The quantitative estimate of drug-likeness (QED) is 0.768. The van der Waals surface area contributed by atoms with Crippen LogP contribution in [0.4, 0.5) is 5.69 Å². The number of carbonyl (C=O) groups excluding carboxylic acids is 1. The number of amides is 1. The molecule has 27 heavy (non-hydrogen) atoms. The zero-order valence-corrected chi connectivity index (χ0v) is 17.3. The Kier molecular flexibility index (Phi) is 6.27. The van der Waals surface area contributed by atoms with E-state index < -0.39 is 16.1 Å². The third-order valence-corrected chi connectivity index (χ3v) is 5.97. The Labute approximate surface area is 160 Å². The molecule has 8 nitrogen and oxygen atoms in total. The molecule has 9 heteroatoms. The van der Waals surface area contributed by atoms with E-state index in [0.29, 0.717) is 6.54 Å². The standard InChI is InChI=1S/C18H26N4O4S/c1-12-17(14(3)26-19-12)27(24,25)20-13(2)18(23)22(6)11-15-7-9-16(10-8-15)21(4)5/h7-10,13,20H,11H2,1-6H3/t13-/m0/s1. The van der Waals surface area contributed by atoms with Crippen molar-refractivity contribution in [1.29, 1.82) is 0 Å². The SMILES string of the molecule is Cc1noc(C)c1S(=O)(=O)N[C@@H](C)C(=O)N(C)Cc1ccc(N(C)C)cc1. The molecule has 0 spiro atoms. The molecule has 1 N–H and O–H groups in total. The fourth-order valence-electron chi connectivity index (χ4n) is 2.78. The molecule has 0 saturated carbocycles. The highest BCUT2D eigenvalue weighted by atomic mass is 32.2. The first-order valence-corrected chi connectivity index (χ1v) is 9.97. The van der Waals surface area contributed by atoms with Crippen molar-refractivity contribution in [2.75, 3.05) is 26.0 Å². The molecule has 0 unspecified atom stereocenters. The molecular formula is C18H26N4O4S. The molecular weight excluding hydrogens is 368 g/mol. The molecule has 1 amide bonds. The maximum atomic E-state index is 12.6. The van der Waals surface area contributed by atoms with Crippen molar-refractivity contribution in [3.63, 3.8) is 0 Å². The fourth-order valence-corrected chi connectivity index (χ4v) is 4.31. The minimum atomic E-state index is -3.90. The molecule has 0 fully saturated rings. The van der Waals surface area contributed by atoms with Crippen molar-refractivity contribution in [3.8, 4) is 0 Å². The van der Waals surface area contributed by atoms with Crippen LogP contribution in [0.15, 0.2) is 33.7 Å². The average molecular weight is 394 g/mol. The number of hydrogen-bond donors (Lipinski definition) is 1. The van der Waals surface area contributed by atoms with Gasteiger partial charge in [0, 0.05) is 33.4 Å². The first kappa shape index (κ1) is 20.9. The lowest BCUT2D eigenvalue weighted by Gasteiger charge is -2.22. The monoisotopic (exact) mass is 394 g/mol. The number of nitrogens with zero attached hydrogens (tertiary/aromatic N) is 3. The van der Waals surface area contributed by atoms with E-state index >= 15 is 0 Å². The number of benzene rings is 1. The molecule has 1 atom stereocenters. The van der Waals surface area contributed by atoms with Gasteiger partial charge in [0.05, 0.1) is 6.04 Å². The second-order valence-corrected chi connectivity index (χ2v) is 8.40. The Balaban J connectivity index is 2.05. The van der Waals surface area contributed by atoms with Gasteiger partial charge >= 0.3 is 0 Å². The number of aryl methyl sites for hydroxylation is 2. The summed E-state index contributed by atoms with van der Waals surface area (Å²) in [6.07, 6.45) is 0. The van der Waals surface area contributed by atoms with E-state index in [0.717, 1.165) is 11.3 Å².